The lowest BCUT2D eigenvalue weighted by atomic mass is 10.2. The first-order valence-corrected chi connectivity index (χ1v) is 11.5. The number of carbonyl (C=O) groups excluding carboxylic acids is 2. The molecular formula is C23H27N5O3S. The fraction of sp³-hybridized carbons (Fsp3) is 0.348. The fourth-order valence-corrected chi connectivity index (χ4v) is 4.51. The second-order valence-corrected chi connectivity index (χ2v) is 8.66. The summed E-state index contributed by atoms with van der Waals surface area (Å²) in [5, 5.41) is 6.68. The van der Waals surface area contributed by atoms with Crippen molar-refractivity contribution < 1.29 is 14.3 Å². The first-order valence-electron chi connectivity index (χ1n) is 10.6. The first-order chi connectivity index (χ1) is 15.6. The lowest BCUT2D eigenvalue weighted by Crippen LogP contribution is -2.38. The summed E-state index contributed by atoms with van der Waals surface area (Å²) in [6.45, 7) is 3.91. The van der Waals surface area contributed by atoms with Crippen LogP contribution in [0.3, 0.4) is 0 Å². The van der Waals surface area contributed by atoms with Gasteiger partial charge in [-0.1, -0.05) is 41.7 Å². The number of urea groups is 1. The molecule has 1 aromatic heterocycles. The number of rotatable bonds is 7. The van der Waals surface area contributed by atoms with Crippen LogP contribution < -0.4 is 15.5 Å². The fourth-order valence-electron chi connectivity index (χ4n) is 3.45. The third kappa shape index (κ3) is 5.74. The van der Waals surface area contributed by atoms with Crippen LogP contribution in [0.25, 0.3) is 10.2 Å². The van der Waals surface area contributed by atoms with Crippen molar-refractivity contribution in [1.82, 2.24) is 15.2 Å². The molecule has 0 atom stereocenters. The molecule has 1 aliphatic rings. The van der Waals surface area contributed by atoms with Gasteiger partial charge in [-0.2, -0.15) is 0 Å². The Kier molecular flexibility index (Phi) is 7.18. The zero-order chi connectivity index (χ0) is 22.3. The van der Waals surface area contributed by atoms with E-state index in [1.165, 1.54) is 0 Å². The van der Waals surface area contributed by atoms with Gasteiger partial charge < -0.3 is 25.2 Å². The third-order valence-electron chi connectivity index (χ3n) is 5.18. The van der Waals surface area contributed by atoms with E-state index in [2.05, 4.69) is 15.5 Å². The van der Waals surface area contributed by atoms with E-state index in [9.17, 15) is 9.59 Å². The molecule has 9 heteroatoms. The van der Waals surface area contributed by atoms with E-state index in [0.29, 0.717) is 6.54 Å². The van der Waals surface area contributed by atoms with Gasteiger partial charge in [0.25, 0.3) is 0 Å². The number of fused-ring (bicyclic) bond motifs is 1. The molecule has 32 heavy (non-hydrogen) atoms. The Morgan fingerprint density at radius 2 is 1.94 bits per heavy atom. The van der Waals surface area contributed by atoms with Gasteiger partial charge >= 0.3 is 6.03 Å². The van der Waals surface area contributed by atoms with Crippen LogP contribution in [0.1, 0.15) is 12.0 Å². The second kappa shape index (κ2) is 10.4. The largest absolute Gasteiger partial charge is 0.378 e. The highest BCUT2D eigenvalue weighted by molar-refractivity contribution is 7.22. The molecule has 3 aromatic rings. The second-order valence-electron chi connectivity index (χ2n) is 7.65. The van der Waals surface area contributed by atoms with Crippen molar-refractivity contribution >= 4 is 44.3 Å². The minimum absolute atomic E-state index is 0.145. The monoisotopic (exact) mass is 453 g/mol. The number of ether oxygens (including phenoxy) is 1. The summed E-state index contributed by atoms with van der Waals surface area (Å²) < 4.78 is 6.43. The molecule has 0 unspecified atom stereocenters. The summed E-state index contributed by atoms with van der Waals surface area (Å²) in [6, 6.07) is 15.3. The number of nitrogens with one attached hydrogen (secondary N) is 2. The highest BCUT2D eigenvalue weighted by Gasteiger charge is 2.16. The number of carbonyl (C=O) groups is 2. The van der Waals surface area contributed by atoms with E-state index in [-0.39, 0.29) is 24.9 Å². The maximum atomic E-state index is 12.3. The zero-order valence-electron chi connectivity index (χ0n) is 18.0. The molecule has 0 aliphatic carbocycles. The number of aromatic nitrogens is 1. The molecule has 2 N–H and O–H groups in total. The molecule has 168 valence electrons. The van der Waals surface area contributed by atoms with Gasteiger partial charge in [-0.05, 0) is 23.8 Å². The summed E-state index contributed by atoms with van der Waals surface area (Å²) in [4.78, 5) is 33.1. The van der Waals surface area contributed by atoms with Crippen molar-refractivity contribution in [3.8, 4) is 0 Å². The maximum absolute atomic E-state index is 12.3. The molecule has 1 fully saturated rings. The first kappa shape index (κ1) is 22.0. The molecule has 1 saturated heterocycles. The molecule has 0 radical (unpaired) electrons. The molecule has 2 heterocycles. The van der Waals surface area contributed by atoms with Gasteiger partial charge in [-0.3, -0.25) is 4.79 Å². The number of anilines is 2. The van der Waals surface area contributed by atoms with Crippen molar-refractivity contribution in [2.24, 2.45) is 0 Å². The normalized spacial score (nSPS) is 13.7. The predicted octanol–water partition coefficient (Wildman–Crippen LogP) is 3.30. The Bertz CT molecular complexity index is 1070. The average Bonchev–Trinajstić information content (AvgIpc) is 3.24. The van der Waals surface area contributed by atoms with Gasteiger partial charge in [0.15, 0.2) is 5.13 Å². The van der Waals surface area contributed by atoms with Gasteiger partial charge in [0.1, 0.15) is 0 Å². The highest BCUT2D eigenvalue weighted by atomic mass is 32.1. The van der Waals surface area contributed by atoms with Gasteiger partial charge in [0, 0.05) is 45.3 Å². The van der Waals surface area contributed by atoms with Crippen LogP contribution in [0.4, 0.5) is 15.6 Å². The Morgan fingerprint density at radius 3 is 2.72 bits per heavy atom. The van der Waals surface area contributed by atoms with Crippen LogP contribution in [0.15, 0.2) is 48.5 Å². The summed E-state index contributed by atoms with van der Waals surface area (Å²) in [7, 11) is 1.73. The van der Waals surface area contributed by atoms with Crippen LogP contribution in [0.2, 0.25) is 0 Å². The van der Waals surface area contributed by atoms with E-state index < -0.39 is 0 Å². The number of morpholine rings is 1. The van der Waals surface area contributed by atoms with E-state index in [1.54, 1.807) is 23.3 Å². The summed E-state index contributed by atoms with van der Waals surface area (Å²) >= 11 is 1.62. The zero-order valence-corrected chi connectivity index (χ0v) is 18.9. The van der Waals surface area contributed by atoms with Crippen molar-refractivity contribution in [1.29, 1.82) is 0 Å². The molecule has 2 aromatic carbocycles. The van der Waals surface area contributed by atoms with E-state index >= 15 is 0 Å². The smallest absolute Gasteiger partial charge is 0.317 e. The quantitative estimate of drug-likeness (QED) is 0.573. The average molecular weight is 454 g/mol. The van der Waals surface area contributed by atoms with Crippen molar-refractivity contribution in [3.05, 3.63) is 54.1 Å². The molecule has 0 saturated carbocycles. The van der Waals surface area contributed by atoms with Gasteiger partial charge in [0.2, 0.25) is 5.91 Å². The standard InChI is InChI=1S/C23H27N5O3S/c1-27(16-17-5-3-2-4-6-17)22(30)24-10-9-21(29)25-18-7-8-19-20(15-18)32-23(26-19)28-11-13-31-14-12-28/h2-8,15H,9-14,16H2,1H3,(H,24,30)(H,25,29). The predicted molar refractivity (Wildman–Crippen MR) is 127 cm³/mol. The van der Waals surface area contributed by atoms with Crippen LogP contribution in [-0.4, -0.2) is 61.7 Å². The van der Waals surface area contributed by atoms with Crippen LogP contribution in [0.5, 0.6) is 0 Å². The van der Waals surface area contributed by atoms with Crippen LogP contribution >= 0.6 is 11.3 Å². The van der Waals surface area contributed by atoms with Gasteiger partial charge in [0.05, 0.1) is 23.4 Å². The van der Waals surface area contributed by atoms with Crippen molar-refractivity contribution in [2.75, 3.05) is 50.1 Å². The van der Waals surface area contributed by atoms with Crippen LogP contribution in [0, 0.1) is 0 Å². The lowest BCUT2D eigenvalue weighted by molar-refractivity contribution is -0.116. The third-order valence-corrected chi connectivity index (χ3v) is 6.26. The van der Waals surface area contributed by atoms with Gasteiger partial charge in [-0.25, -0.2) is 9.78 Å². The molecular weight excluding hydrogens is 426 g/mol. The number of hydrogen-bond donors (Lipinski definition) is 2. The lowest BCUT2D eigenvalue weighted by Gasteiger charge is -2.25. The molecule has 8 nitrogen and oxygen atoms in total. The minimum atomic E-state index is -0.205. The van der Waals surface area contributed by atoms with E-state index in [0.717, 1.165) is 52.9 Å². The molecule has 0 spiro atoms. The summed E-state index contributed by atoms with van der Waals surface area (Å²) in [5.74, 6) is -0.145. The van der Waals surface area contributed by atoms with E-state index in [1.807, 2.05) is 48.5 Å². The number of nitrogens with zero attached hydrogens (tertiary/aromatic N) is 3. The maximum Gasteiger partial charge on any atom is 0.317 e. The summed E-state index contributed by atoms with van der Waals surface area (Å²) in [5.41, 5.74) is 2.70. The molecule has 3 amide bonds. The van der Waals surface area contributed by atoms with Crippen LogP contribution in [-0.2, 0) is 16.1 Å². The van der Waals surface area contributed by atoms with E-state index in [4.69, 9.17) is 9.72 Å². The molecule has 1 aliphatic heterocycles. The topological polar surface area (TPSA) is 86.8 Å². The number of thiazole rings is 1. The number of benzene rings is 2. The Hall–Kier alpha value is -3.17. The highest BCUT2D eigenvalue weighted by Crippen LogP contribution is 2.31. The molecule has 0 bridgehead atoms. The Morgan fingerprint density at radius 1 is 1.16 bits per heavy atom. The Labute approximate surface area is 191 Å². The number of amides is 3. The SMILES string of the molecule is CN(Cc1ccccc1)C(=O)NCCC(=O)Nc1ccc2nc(N3CCOCC3)sc2c1. The van der Waals surface area contributed by atoms with Crippen molar-refractivity contribution in [2.45, 2.75) is 13.0 Å². The van der Waals surface area contributed by atoms with Crippen molar-refractivity contribution in [3.63, 3.8) is 0 Å². The minimum Gasteiger partial charge on any atom is -0.378 e. The molecule has 4 rings (SSSR count). The van der Waals surface area contributed by atoms with Gasteiger partial charge in [-0.15, -0.1) is 0 Å². The summed E-state index contributed by atoms with van der Waals surface area (Å²) in [6.07, 6.45) is 0.199. The Balaban J connectivity index is 1.25. The number of hydrogen-bond acceptors (Lipinski definition) is 6.